The van der Waals surface area contributed by atoms with E-state index in [1.807, 2.05) is 24.3 Å². The van der Waals surface area contributed by atoms with E-state index in [1.165, 1.54) is 0 Å². The molecule has 0 bridgehead atoms. The van der Waals surface area contributed by atoms with Crippen molar-refractivity contribution in [1.82, 2.24) is 15.2 Å². The Balaban J connectivity index is 1.25. The van der Waals surface area contributed by atoms with Gasteiger partial charge >= 0.3 is 12.3 Å². The number of aromatic nitrogens is 1. The van der Waals surface area contributed by atoms with E-state index >= 15 is 0 Å². The number of amides is 3. The molecule has 2 N–H and O–H groups in total. The summed E-state index contributed by atoms with van der Waals surface area (Å²) in [6, 6.07) is 15.9. The van der Waals surface area contributed by atoms with Crippen LogP contribution in [0.4, 0.5) is 23.8 Å². The van der Waals surface area contributed by atoms with Crippen LogP contribution in [0.15, 0.2) is 66.9 Å². The lowest BCUT2D eigenvalue weighted by atomic mass is 9.81. The summed E-state index contributed by atoms with van der Waals surface area (Å²) in [5, 5.41) is 5.31. The predicted molar refractivity (Wildman–Crippen MR) is 142 cm³/mol. The molecule has 11 heteroatoms. The van der Waals surface area contributed by atoms with Gasteiger partial charge in [-0.15, -0.1) is 0 Å². The van der Waals surface area contributed by atoms with Gasteiger partial charge in [0, 0.05) is 42.1 Å². The fourth-order valence-electron chi connectivity index (χ4n) is 6.33. The smallest absolute Gasteiger partial charge is 0.413 e. The average molecular weight is 565 g/mol. The first-order valence-electron chi connectivity index (χ1n) is 13.3. The number of hydrogen-bond donors (Lipinski definition) is 2. The molecule has 3 amide bonds. The van der Waals surface area contributed by atoms with Crippen LogP contribution in [0, 0.1) is 0 Å². The fraction of sp³-hybridized carbons (Fsp3) is 0.333. The van der Waals surface area contributed by atoms with Gasteiger partial charge < -0.3 is 15.0 Å². The molecule has 2 aromatic carbocycles. The number of rotatable bonds is 4. The Bertz CT molecular complexity index is 1530. The number of likely N-dealkylation sites (tertiary alicyclic amines) is 1. The van der Waals surface area contributed by atoms with Crippen molar-refractivity contribution >= 4 is 23.7 Å². The number of carbonyl (C=O) groups excluding carboxylic acids is 3. The Morgan fingerprint density at radius 1 is 1.10 bits per heavy atom. The number of nitrogens with zero attached hydrogens (tertiary/aromatic N) is 2. The Morgan fingerprint density at radius 2 is 1.85 bits per heavy atom. The van der Waals surface area contributed by atoms with Crippen molar-refractivity contribution in [3.05, 3.63) is 94.7 Å². The van der Waals surface area contributed by atoms with Gasteiger partial charge in [-0.25, -0.2) is 9.78 Å². The molecule has 2 aliphatic heterocycles. The Labute approximate surface area is 233 Å². The van der Waals surface area contributed by atoms with Crippen molar-refractivity contribution in [2.45, 2.75) is 56.0 Å². The molecular weight excluding hydrogens is 537 g/mol. The normalized spacial score (nSPS) is 25.3. The van der Waals surface area contributed by atoms with Crippen molar-refractivity contribution in [1.29, 1.82) is 0 Å². The number of hydrogen-bond acceptors (Lipinski definition) is 5. The second-order valence-electron chi connectivity index (χ2n) is 10.8. The summed E-state index contributed by atoms with van der Waals surface area (Å²) in [7, 11) is 0. The van der Waals surface area contributed by atoms with Gasteiger partial charge in [-0.1, -0.05) is 36.4 Å². The molecule has 3 heterocycles. The lowest BCUT2D eigenvalue weighted by molar-refractivity contribution is -0.170. The van der Waals surface area contributed by atoms with Crippen molar-refractivity contribution in [2.75, 3.05) is 11.9 Å². The molecule has 1 aromatic heterocycles. The molecule has 212 valence electrons. The number of piperidine rings is 1. The van der Waals surface area contributed by atoms with Crippen LogP contribution < -0.4 is 10.6 Å². The number of ether oxygens (including phenoxy) is 1. The van der Waals surface area contributed by atoms with E-state index in [2.05, 4.69) is 15.6 Å². The maximum Gasteiger partial charge on any atom is 0.413 e. The van der Waals surface area contributed by atoms with Gasteiger partial charge in [0.1, 0.15) is 18.4 Å². The van der Waals surface area contributed by atoms with Gasteiger partial charge in [-0.2, -0.15) is 13.2 Å². The summed E-state index contributed by atoms with van der Waals surface area (Å²) in [4.78, 5) is 44.0. The third-order valence-electron chi connectivity index (χ3n) is 8.25. The van der Waals surface area contributed by atoms with Gasteiger partial charge in [0.05, 0.1) is 0 Å². The van der Waals surface area contributed by atoms with E-state index in [4.69, 9.17) is 4.74 Å². The SMILES string of the molecule is CC1C(c2ccccc2)CC(NC(=O)c2ccc3c(c2)CC2(C3)OC(=O)Nc3ncccc32)C(=O)N1CC(F)(F)F. The summed E-state index contributed by atoms with van der Waals surface area (Å²) < 4.78 is 46.1. The van der Waals surface area contributed by atoms with Crippen LogP contribution >= 0.6 is 0 Å². The largest absolute Gasteiger partial charge is 0.437 e. The number of anilines is 1. The third kappa shape index (κ3) is 5.00. The first-order chi connectivity index (χ1) is 19.5. The second-order valence-corrected chi connectivity index (χ2v) is 10.8. The van der Waals surface area contributed by atoms with Crippen molar-refractivity contribution in [3.8, 4) is 0 Å². The van der Waals surface area contributed by atoms with Crippen LogP contribution in [0.5, 0.6) is 0 Å². The lowest BCUT2D eigenvalue weighted by Gasteiger charge is -2.43. The lowest BCUT2D eigenvalue weighted by Crippen LogP contribution is -2.59. The van der Waals surface area contributed by atoms with Crippen molar-refractivity contribution in [2.24, 2.45) is 0 Å². The number of pyridine rings is 1. The number of nitrogens with one attached hydrogen (secondary N) is 2. The average Bonchev–Trinajstić information content (AvgIpc) is 3.29. The summed E-state index contributed by atoms with van der Waals surface area (Å²) >= 11 is 0. The van der Waals surface area contributed by atoms with Gasteiger partial charge in [0.15, 0.2) is 5.60 Å². The van der Waals surface area contributed by atoms with Gasteiger partial charge in [0.2, 0.25) is 5.91 Å². The zero-order valence-corrected chi connectivity index (χ0v) is 22.1. The van der Waals surface area contributed by atoms with Gasteiger partial charge in [-0.05, 0) is 54.3 Å². The molecule has 1 fully saturated rings. The predicted octanol–water partition coefficient (Wildman–Crippen LogP) is 4.70. The van der Waals surface area contributed by atoms with E-state index in [1.54, 1.807) is 49.5 Å². The summed E-state index contributed by atoms with van der Waals surface area (Å²) in [5.41, 5.74) is 2.53. The third-order valence-corrected chi connectivity index (χ3v) is 8.25. The molecule has 1 saturated heterocycles. The highest BCUT2D eigenvalue weighted by molar-refractivity contribution is 5.98. The highest BCUT2D eigenvalue weighted by Crippen LogP contribution is 2.45. The minimum atomic E-state index is -4.58. The molecule has 3 aromatic rings. The molecule has 4 unspecified atom stereocenters. The Morgan fingerprint density at radius 3 is 2.61 bits per heavy atom. The molecular formula is C30H27F3N4O4. The quantitative estimate of drug-likeness (QED) is 0.479. The molecule has 1 aliphatic carbocycles. The zero-order chi connectivity index (χ0) is 28.9. The topological polar surface area (TPSA) is 101 Å². The van der Waals surface area contributed by atoms with Gasteiger partial charge in [-0.3, -0.25) is 14.9 Å². The van der Waals surface area contributed by atoms with Crippen LogP contribution in [0.25, 0.3) is 0 Å². The molecule has 0 saturated carbocycles. The highest BCUT2D eigenvalue weighted by Gasteiger charge is 2.48. The molecule has 6 rings (SSSR count). The minimum absolute atomic E-state index is 0.172. The standard InChI is InChI=1S/C30H27F3N4O4/c1-17-22(18-6-3-2-4-7-18)13-24(27(39)37(17)16-30(31,32)33)35-26(38)19-9-10-20-14-29(15-21(20)12-19)23-8-5-11-34-25(23)36-28(40)41-29/h2-12,17,22,24H,13-16H2,1H3,(H,35,38)(H,34,36,40). The van der Waals surface area contributed by atoms with E-state index in [-0.39, 0.29) is 12.0 Å². The van der Waals surface area contributed by atoms with Crippen molar-refractivity contribution < 1.29 is 32.3 Å². The van der Waals surface area contributed by atoms with E-state index in [0.29, 0.717) is 18.7 Å². The van der Waals surface area contributed by atoms with Crippen LogP contribution in [0.1, 0.15) is 51.9 Å². The van der Waals surface area contributed by atoms with Crippen LogP contribution in [-0.4, -0.2) is 52.6 Å². The maximum atomic E-state index is 13.4. The number of benzene rings is 2. The number of carbonyl (C=O) groups is 3. The molecule has 1 spiro atoms. The zero-order valence-electron chi connectivity index (χ0n) is 22.1. The van der Waals surface area contributed by atoms with Crippen LogP contribution in [0.2, 0.25) is 0 Å². The number of fused-ring (bicyclic) bond motifs is 3. The summed E-state index contributed by atoms with van der Waals surface area (Å²) in [5.74, 6) is -1.30. The van der Waals surface area contributed by atoms with Crippen LogP contribution in [-0.2, 0) is 28.0 Å². The van der Waals surface area contributed by atoms with Gasteiger partial charge in [0.25, 0.3) is 5.91 Å². The molecule has 0 radical (unpaired) electrons. The van der Waals surface area contributed by atoms with Crippen LogP contribution in [0.3, 0.4) is 0 Å². The molecule has 41 heavy (non-hydrogen) atoms. The summed E-state index contributed by atoms with van der Waals surface area (Å²) in [6.45, 7) is 0.213. The Hall–Kier alpha value is -4.41. The van der Waals surface area contributed by atoms with E-state index < -0.39 is 54.2 Å². The maximum absolute atomic E-state index is 13.4. The first-order valence-corrected chi connectivity index (χ1v) is 13.3. The summed E-state index contributed by atoms with van der Waals surface area (Å²) in [6.07, 6.45) is -2.72. The number of halogens is 3. The first kappa shape index (κ1) is 26.8. The van der Waals surface area contributed by atoms with E-state index in [0.717, 1.165) is 27.2 Å². The highest BCUT2D eigenvalue weighted by atomic mass is 19.4. The minimum Gasteiger partial charge on any atom is -0.437 e. The molecule has 3 aliphatic rings. The molecule has 4 atom stereocenters. The molecule has 8 nitrogen and oxygen atoms in total. The fourth-order valence-corrected chi connectivity index (χ4v) is 6.33. The second kappa shape index (κ2) is 9.90. The van der Waals surface area contributed by atoms with Crippen molar-refractivity contribution in [3.63, 3.8) is 0 Å². The Kier molecular flexibility index (Phi) is 6.47. The van der Waals surface area contributed by atoms with E-state index in [9.17, 15) is 27.6 Å². The number of alkyl halides is 3. The monoisotopic (exact) mass is 564 g/mol.